The van der Waals surface area contributed by atoms with Gasteiger partial charge in [-0.25, -0.2) is 0 Å². The standard InChI is InChI=1S/C10H16N2/c1-4-5-6-9-12(3)10(2)7-8-11/h10H,6-7,9H2,1-3H3. The van der Waals surface area contributed by atoms with Gasteiger partial charge in [-0.1, -0.05) is 0 Å². The summed E-state index contributed by atoms with van der Waals surface area (Å²) >= 11 is 0. The van der Waals surface area contributed by atoms with E-state index in [9.17, 15) is 0 Å². The topological polar surface area (TPSA) is 27.0 Å². The second-order valence-corrected chi connectivity index (χ2v) is 2.87. The molecule has 0 aliphatic rings. The maximum Gasteiger partial charge on any atom is 0.0638 e. The second-order valence-electron chi connectivity index (χ2n) is 2.87. The lowest BCUT2D eigenvalue weighted by Gasteiger charge is -2.20. The van der Waals surface area contributed by atoms with E-state index < -0.39 is 0 Å². The average Bonchev–Trinajstić information content (AvgIpc) is 2.05. The number of hydrogen-bond donors (Lipinski definition) is 0. The summed E-state index contributed by atoms with van der Waals surface area (Å²) in [5.41, 5.74) is 0. The molecule has 2 heteroatoms. The minimum Gasteiger partial charge on any atom is -0.302 e. The fourth-order valence-electron chi connectivity index (χ4n) is 0.866. The minimum absolute atomic E-state index is 0.341. The van der Waals surface area contributed by atoms with Crippen molar-refractivity contribution in [2.45, 2.75) is 32.7 Å². The first-order valence-electron chi connectivity index (χ1n) is 4.19. The van der Waals surface area contributed by atoms with E-state index in [-0.39, 0.29) is 0 Å². The van der Waals surface area contributed by atoms with Gasteiger partial charge < -0.3 is 4.90 Å². The number of nitrogens with zero attached hydrogens (tertiary/aromatic N) is 2. The Kier molecular flexibility index (Phi) is 6.15. The van der Waals surface area contributed by atoms with E-state index in [2.05, 4.69) is 29.7 Å². The molecular formula is C10H16N2. The van der Waals surface area contributed by atoms with Crippen molar-refractivity contribution in [1.29, 1.82) is 5.26 Å². The van der Waals surface area contributed by atoms with Crippen LogP contribution in [0, 0.1) is 23.2 Å². The highest BCUT2D eigenvalue weighted by Crippen LogP contribution is 1.99. The summed E-state index contributed by atoms with van der Waals surface area (Å²) in [5.74, 6) is 5.85. The fraction of sp³-hybridized carbons (Fsp3) is 0.700. The molecule has 0 bridgehead atoms. The zero-order valence-corrected chi connectivity index (χ0v) is 8.09. The Morgan fingerprint density at radius 1 is 1.50 bits per heavy atom. The van der Waals surface area contributed by atoms with E-state index in [0.717, 1.165) is 13.0 Å². The molecule has 0 saturated carbocycles. The van der Waals surface area contributed by atoms with E-state index in [1.54, 1.807) is 0 Å². The van der Waals surface area contributed by atoms with Gasteiger partial charge in [0.05, 0.1) is 12.5 Å². The Morgan fingerprint density at radius 3 is 2.67 bits per heavy atom. The smallest absolute Gasteiger partial charge is 0.0638 e. The molecule has 0 aromatic rings. The predicted molar refractivity (Wildman–Crippen MR) is 50.4 cm³/mol. The molecule has 0 heterocycles. The van der Waals surface area contributed by atoms with E-state index in [1.807, 2.05) is 14.0 Å². The van der Waals surface area contributed by atoms with Crippen molar-refractivity contribution in [3.05, 3.63) is 0 Å². The molecule has 1 atom stereocenters. The molecule has 2 nitrogen and oxygen atoms in total. The third kappa shape index (κ3) is 4.77. The van der Waals surface area contributed by atoms with E-state index in [1.165, 1.54) is 0 Å². The molecule has 0 aliphatic heterocycles. The van der Waals surface area contributed by atoms with Gasteiger partial charge in [0.25, 0.3) is 0 Å². The fourth-order valence-corrected chi connectivity index (χ4v) is 0.866. The van der Waals surface area contributed by atoms with Gasteiger partial charge in [0.2, 0.25) is 0 Å². The number of rotatable bonds is 4. The Balaban J connectivity index is 3.62. The minimum atomic E-state index is 0.341. The summed E-state index contributed by atoms with van der Waals surface area (Å²) < 4.78 is 0. The molecule has 66 valence electrons. The number of nitriles is 1. The maximum atomic E-state index is 8.45. The molecular weight excluding hydrogens is 148 g/mol. The van der Waals surface area contributed by atoms with Crippen molar-refractivity contribution >= 4 is 0 Å². The number of hydrogen-bond acceptors (Lipinski definition) is 2. The van der Waals surface area contributed by atoms with Crippen molar-refractivity contribution in [3.63, 3.8) is 0 Å². The van der Waals surface area contributed by atoms with Gasteiger partial charge in [-0.05, 0) is 20.9 Å². The molecule has 0 fully saturated rings. The van der Waals surface area contributed by atoms with Gasteiger partial charge in [-0.2, -0.15) is 5.26 Å². The van der Waals surface area contributed by atoms with Crippen LogP contribution in [0.3, 0.4) is 0 Å². The molecule has 0 spiro atoms. The van der Waals surface area contributed by atoms with Gasteiger partial charge in [0.15, 0.2) is 0 Å². The summed E-state index contributed by atoms with van der Waals surface area (Å²) in [6.07, 6.45) is 1.48. The van der Waals surface area contributed by atoms with Crippen LogP contribution in [-0.2, 0) is 0 Å². The van der Waals surface area contributed by atoms with Gasteiger partial charge in [0, 0.05) is 19.0 Å². The monoisotopic (exact) mass is 164 g/mol. The Labute approximate surface area is 75.2 Å². The first-order valence-corrected chi connectivity index (χ1v) is 4.19. The molecule has 0 aromatic heterocycles. The molecule has 0 saturated heterocycles. The summed E-state index contributed by atoms with van der Waals surface area (Å²) in [7, 11) is 2.03. The average molecular weight is 164 g/mol. The van der Waals surface area contributed by atoms with Crippen LogP contribution in [-0.4, -0.2) is 24.5 Å². The first-order chi connectivity index (χ1) is 5.72. The third-order valence-corrected chi connectivity index (χ3v) is 1.91. The van der Waals surface area contributed by atoms with Crippen molar-refractivity contribution in [2.24, 2.45) is 0 Å². The van der Waals surface area contributed by atoms with Crippen molar-refractivity contribution < 1.29 is 0 Å². The van der Waals surface area contributed by atoms with Crippen LogP contribution in [0.2, 0.25) is 0 Å². The molecule has 0 amide bonds. The van der Waals surface area contributed by atoms with E-state index >= 15 is 0 Å². The van der Waals surface area contributed by atoms with Gasteiger partial charge >= 0.3 is 0 Å². The SMILES string of the molecule is CC#CCCN(C)C(C)CC#N. The zero-order chi connectivity index (χ0) is 9.40. The van der Waals surface area contributed by atoms with Crippen molar-refractivity contribution in [3.8, 4) is 17.9 Å². The molecule has 0 aliphatic carbocycles. The molecule has 0 aromatic carbocycles. The third-order valence-electron chi connectivity index (χ3n) is 1.91. The highest BCUT2D eigenvalue weighted by atomic mass is 15.1. The highest BCUT2D eigenvalue weighted by molar-refractivity contribution is 4.95. The largest absolute Gasteiger partial charge is 0.302 e. The van der Waals surface area contributed by atoms with Gasteiger partial charge in [-0.15, -0.1) is 11.8 Å². The summed E-state index contributed by atoms with van der Waals surface area (Å²) in [6, 6.07) is 2.50. The first kappa shape index (κ1) is 11.0. The van der Waals surface area contributed by atoms with Gasteiger partial charge in [-0.3, -0.25) is 0 Å². The molecule has 1 unspecified atom stereocenters. The lowest BCUT2D eigenvalue weighted by molar-refractivity contribution is 0.267. The van der Waals surface area contributed by atoms with E-state index in [4.69, 9.17) is 5.26 Å². The Morgan fingerprint density at radius 2 is 2.17 bits per heavy atom. The zero-order valence-electron chi connectivity index (χ0n) is 8.09. The molecule has 0 radical (unpaired) electrons. The van der Waals surface area contributed by atoms with Crippen LogP contribution in [0.4, 0.5) is 0 Å². The van der Waals surface area contributed by atoms with Crippen LogP contribution < -0.4 is 0 Å². The van der Waals surface area contributed by atoms with Crippen molar-refractivity contribution in [1.82, 2.24) is 4.90 Å². The molecule has 12 heavy (non-hydrogen) atoms. The lowest BCUT2D eigenvalue weighted by Crippen LogP contribution is -2.29. The lowest BCUT2D eigenvalue weighted by atomic mass is 10.2. The van der Waals surface area contributed by atoms with Crippen LogP contribution >= 0.6 is 0 Å². The predicted octanol–water partition coefficient (Wildman–Crippen LogP) is 1.63. The molecule has 0 N–H and O–H groups in total. The summed E-state index contributed by atoms with van der Waals surface area (Å²) in [6.45, 7) is 4.85. The molecule has 0 rings (SSSR count). The summed E-state index contributed by atoms with van der Waals surface area (Å²) in [5, 5.41) is 8.45. The van der Waals surface area contributed by atoms with Gasteiger partial charge in [0.1, 0.15) is 0 Å². The van der Waals surface area contributed by atoms with E-state index in [0.29, 0.717) is 12.5 Å². The Hall–Kier alpha value is -0.990. The van der Waals surface area contributed by atoms with Crippen molar-refractivity contribution in [2.75, 3.05) is 13.6 Å². The van der Waals surface area contributed by atoms with Crippen LogP contribution in [0.5, 0.6) is 0 Å². The maximum absolute atomic E-state index is 8.45. The highest BCUT2D eigenvalue weighted by Gasteiger charge is 2.06. The van der Waals surface area contributed by atoms with Crippen LogP contribution in [0.1, 0.15) is 26.7 Å². The Bertz CT molecular complexity index is 204. The normalized spacial score (nSPS) is 11.6. The quantitative estimate of drug-likeness (QED) is 0.590. The van der Waals surface area contributed by atoms with Crippen LogP contribution in [0.15, 0.2) is 0 Å². The summed E-state index contributed by atoms with van der Waals surface area (Å²) in [4.78, 5) is 2.16. The second kappa shape index (κ2) is 6.70. The van der Waals surface area contributed by atoms with Crippen LogP contribution in [0.25, 0.3) is 0 Å².